The number of aromatic amines is 4. The number of amides is 1. The summed E-state index contributed by atoms with van der Waals surface area (Å²) in [5.74, 6) is -0.948. The molecule has 110 heavy (non-hydrogen) atoms. The van der Waals surface area contributed by atoms with Crippen molar-refractivity contribution in [3.63, 3.8) is 0 Å². The Morgan fingerprint density at radius 2 is 0.827 bits per heavy atom. The summed E-state index contributed by atoms with van der Waals surface area (Å²) in [6.07, 6.45) is 7.50. The van der Waals surface area contributed by atoms with Crippen LogP contribution in [0, 0.1) is 41.5 Å². The third-order valence-electron chi connectivity index (χ3n) is 18.3. The molecular formula is C76H90ClN18O14P. The predicted molar refractivity (Wildman–Crippen MR) is 421 cm³/mol. The molecule has 12 rings (SSSR count). The molecule has 8 heterocycles. The normalized spacial score (nSPS) is 12.5. The average molecular weight is 1550 g/mol. The smallest absolute Gasteiger partial charge is 0.325 e. The number of hydrogen-bond acceptors (Lipinski definition) is 22. The highest BCUT2D eigenvalue weighted by Crippen LogP contribution is 2.41. The Bertz CT molecular complexity index is 5700. The van der Waals surface area contributed by atoms with Gasteiger partial charge in [-0.05, 0) is 176 Å². The Balaban J connectivity index is 0.000000169. The number of carboxylic acids is 3. The molecule has 4 aliphatic rings. The molecule has 0 unspecified atom stereocenters. The molecule has 0 atom stereocenters. The number of fused-ring (bicyclic) bond motifs is 8. The van der Waals surface area contributed by atoms with Crippen molar-refractivity contribution in [3.05, 3.63) is 178 Å². The minimum Gasteiger partial charge on any atom is -0.481 e. The maximum absolute atomic E-state index is 12.5. The first-order valence-electron chi connectivity index (χ1n) is 35.7. The molecule has 0 bridgehead atoms. The van der Waals surface area contributed by atoms with Crippen LogP contribution in [0.4, 0.5) is 68.8 Å². The number of H-pyrrole nitrogens is 4. The van der Waals surface area contributed by atoms with Crippen LogP contribution in [0.25, 0.3) is 26.3 Å². The summed E-state index contributed by atoms with van der Waals surface area (Å²) in [5, 5.41) is 30.4. The average Bonchev–Trinajstić information content (AvgIpc) is 0.770. The maximum Gasteiger partial charge on any atom is 0.325 e. The molecule has 0 fully saturated rings. The van der Waals surface area contributed by atoms with Crippen LogP contribution in [0.2, 0.25) is 5.02 Å². The number of likely N-dealkylation sites (N-methyl/N-ethyl adjacent to an activating group) is 1. The Kier molecular flexibility index (Phi) is 27.5. The van der Waals surface area contributed by atoms with Crippen LogP contribution in [0.3, 0.4) is 0 Å². The first-order valence-corrected chi connectivity index (χ1v) is 37.9. The van der Waals surface area contributed by atoms with Gasteiger partial charge in [-0.2, -0.15) is 0 Å². The lowest BCUT2D eigenvalue weighted by atomic mass is 10.1. The topological polar surface area (TPSA) is 447 Å². The van der Waals surface area contributed by atoms with E-state index in [0.29, 0.717) is 108 Å². The highest BCUT2D eigenvalue weighted by Gasteiger charge is 2.29. The molecular weight excluding hydrogens is 1460 g/mol. The molecule has 0 saturated heterocycles. The lowest BCUT2D eigenvalue weighted by Gasteiger charge is -2.30. The number of carbonyl (C=O) groups excluding carboxylic acids is 1. The van der Waals surface area contributed by atoms with E-state index in [-0.39, 0.29) is 100 Å². The predicted octanol–water partition coefficient (Wildman–Crippen LogP) is 5.39. The lowest BCUT2D eigenvalue weighted by molar-refractivity contribution is -0.138. The van der Waals surface area contributed by atoms with E-state index in [1.807, 2.05) is 112 Å². The first kappa shape index (κ1) is 82.6. The van der Waals surface area contributed by atoms with Crippen molar-refractivity contribution in [2.75, 3.05) is 78.6 Å². The highest BCUT2D eigenvalue weighted by molar-refractivity contribution is 7.51. The van der Waals surface area contributed by atoms with Crippen LogP contribution in [-0.2, 0) is 23.7 Å². The number of rotatable bonds is 27. The van der Waals surface area contributed by atoms with Gasteiger partial charge >= 0.3 is 25.5 Å². The number of nitrogens with one attached hydrogen (secondary N) is 5. The van der Waals surface area contributed by atoms with Crippen LogP contribution in [0.1, 0.15) is 117 Å². The van der Waals surface area contributed by atoms with Crippen molar-refractivity contribution >= 4 is 138 Å². The first-order chi connectivity index (χ1) is 52.1. The van der Waals surface area contributed by atoms with E-state index >= 15 is 0 Å². The summed E-state index contributed by atoms with van der Waals surface area (Å²) in [5.41, 5.74) is 11.9. The fourth-order valence-electron chi connectivity index (χ4n) is 12.4. The molecule has 4 aliphatic heterocycles. The molecule has 4 aromatic carbocycles. The van der Waals surface area contributed by atoms with E-state index in [1.165, 1.54) is 0 Å². The Morgan fingerprint density at radius 1 is 0.464 bits per heavy atom. The number of hydrogen-bond donors (Lipinski definition) is 10. The molecule has 0 saturated carbocycles. The van der Waals surface area contributed by atoms with E-state index in [2.05, 4.69) is 102 Å². The molecule has 0 spiro atoms. The van der Waals surface area contributed by atoms with Gasteiger partial charge in [-0.15, -0.1) is 0 Å². The van der Waals surface area contributed by atoms with Crippen LogP contribution in [0.5, 0.6) is 0 Å². The molecule has 580 valence electrons. The number of benzene rings is 4. The van der Waals surface area contributed by atoms with Gasteiger partial charge in [0.2, 0.25) is 5.91 Å². The van der Waals surface area contributed by atoms with Crippen molar-refractivity contribution in [1.29, 1.82) is 0 Å². The van der Waals surface area contributed by atoms with Crippen molar-refractivity contribution in [3.8, 4) is 0 Å². The van der Waals surface area contributed by atoms with Crippen LogP contribution in [-0.4, -0.2) is 153 Å². The summed E-state index contributed by atoms with van der Waals surface area (Å²) in [6.45, 7) is 30.0. The summed E-state index contributed by atoms with van der Waals surface area (Å²) >= 11 is 6.31. The zero-order valence-electron chi connectivity index (χ0n) is 62.4. The monoisotopic (exact) mass is 1540 g/mol. The largest absolute Gasteiger partial charge is 0.481 e. The standard InChI is InChI=1S/C20H25N5O3.C19H21ClN4O3.C19H22N4O3.C18H22N5O5P/c1-12-10-15-16(11-13(12)2)25(9-8-24(4)7-5-6-17(26)27)19-18(23-15)20(28)22-14(3)21-19;1-11-9-14-15(10-13(11)20)24(8-6-4-3-5-7-16(25)26)18-17(23-14)19(27)22-12(2)21-18;1-12-8-9-15-14(11-12)22-17-18(20-13(2)21-19(17)26)23(15)10-6-4-3-5-7-16(24)25;1-10-7-13-14(8-11(10)2)23(9-15(24)19-5-4-6-29(26,27)28)17-16(22-13)18(25)21-12(3)20-17/h10-11H,3,5-9H2,1-2,4H3,(H,22,28)(H,26,27);9-10H,2-8H2,1H3,(H,22,27)(H,25,26);8-9,11H,2-7,10H2,1H3,(H,21,26)(H,24,25);7-8H,3-6,9H2,1-2H3,(H,19,24)(H,21,25)(H2,26,27,28). The SMILES string of the molecule is C=c1nc2c(c(=O)[nH]1)=Nc1cc(C)c(C)cc1N2CC(=O)NCCCP(=O)(O)O.C=c1nc2c(c(=O)[nH]1)=Nc1cc(C)c(C)cc1N2CCN(C)CCCC(=O)O.C=c1nc2c(c(=O)[nH]1)=Nc1cc(C)c(Cl)cc1N2CCCCCCC(=O)O.C=c1nc2c(c(=O)[nH]1)=Nc1cc(C)ccc1N2CCCCCCC(=O)O. The summed E-state index contributed by atoms with van der Waals surface area (Å²) in [7, 11) is -2.14. The van der Waals surface area contributed by atoms with Crippen molar-refractivity contribution in [2.24, 2.45) is 20.0 Å². The summed E-state index contributed by atoms with van der Waals surface area (Å²) in [6, 6.07) is 17.4. The Hall–Kier alpha value is -11.4. The molecule has 32 nitrogen and oxygen atoms in total. The van der Waals surface area contributed by atoms with Crippen molar-refractivity contribution < 1.29 is 48.8 Å². The van der Waals surface area contributed by atoms with Crippen LogP contribution < -0.4 is 90.5 Å². The minimum absolute atomic E-state index is 0.0995. The van der Waals surface area contributed by atoms with Gasteiger partial charge in [0.1, 0.15) is 28.5 Å². The Labute approximate surface area is 635 Å². The maximum atomic E-state index is 12.5. The van der Waals surface area contributed by atoms with E-state index in [0.717, 1.165) is 100 Å². The van der Waals surface area contributed by atoms with E-state index in [9.17, 15) is 42.9 Å². The van der Waals surface area contributed by atoms with E-state index in [1.54, 1.807) is 4.90 Å². The van der Waals surface area contributed by atoms with Gasteiger partial charge in [-0.25, -0.2) is 39.9 Å². The van der Waals surface area contributed by atoms with Gasteiger partial charge in [0, 0.05) is 57.0 Å². The van der Waals surface area contributed by atoms with E-state index < -0.39 is 31.1 Å². The zero-order valence-corrected chi connectivity index (χ0v) is 64.1. The van der Waals surface area contributed by atoms with Gasteiger partial charge in [0.15, 0.2) is 44.7 Å². The number of aromatic nitrogens is 8. The van der Waals surface area contributed by atoms with Gasteiger partial charge in [0.05, 0.1) is 51.7 Å². The second-order valence-corrected chi connectivity index (χ2v) is 29.4. The summed E-state index contributed by atoms with van der Waals surface area (Å²) < 4.78 is 10.9. The molecule has 34 heteroatoms. The number of anilines is 8. The number of aryl methyl sites for hydroxylation is 6. The number of carboxylic acid groups (broad SMARTS) is 3. The fraction of sp³-hybridized carbons (Fsp3) is 0.368. The molecule has 10 N–H and O–H groups in total. The second kappa shape index (κ2) is 36.6. The number of halogens is 1. The molecule has 8 aromatic rings. The van der Waals surface area contributed by atoms with Crippen molar-refractivity contribution in [2.45, 2.75) is 125 Å². The van der Waals surface area contributed by atoms with E-state index in [4.69, 9.17) is 36.7 Å². The fourth-order valence-corrected chi connectivity index (χ4v) is 13.2. The van der Waals surface area contributed by atoms with Gasteiger partial charge in [-0.1, -0.05) is 69.7 Å². The molecule has 0 radical (unpaired) electrons. The molecule has 0 aliphatic carbocycles. The van der Waals surface area contributed by atoms with Crippen LogP contribution >= 0.6 is 19.2 Å². The Morgan fingerprint density at radius 3 is 1.26 bits per heavy atom. The number of aliphatic carboxylic acids is 3. The number of nitrogens with zero attached hydrogens (tertiary/aromatic N) is 13. The van der Waals surface area contributed by atoms with Gasteiger partial charge in [0.25, 0.3) is 22.2 Å². The molecule has 1 amide bonds. The molecule has 4 aromatic heterocycles. The van der Waals surface area contributed by atoms with Gasteiger partial charge in [-0.3, -0.25) is 42.9 Å². The van der Waals surface area contributed by atoms with Crippen LogP contribution in [0.15, 0.2) is 93.7 Å². The quantitative estimate of drug-likeness (QED) is 0.0228. The second-order valence-electron chi connectivity index (χ2n) is 27.2. The summed E-state index contributed by atoms with van der Waals surface area (Å²) in [4.78, 5) is 167. The lowest BCUT2D eigenvalue weighted by Crippen LogP contribution is -2.45. The minimum atomic E-state index is -4.10. The van der Waals surface area contributed by atoms with Gasteiger partial charge < -0.3 is 74.9 Å². The highest BCUT2D eigenvalue weighted by atomic mass is 35.5. The van der Waals surface area contributed by atoms with Crippen molar-refractivity contribution in [1.82, 2.24) is 50.1 Å². The third kappa shape index (κ3) is 21.5. The number of carbonyl (C=O) groups is 4. The third-order valence-corrected chi connectivity index (χ3v) is 19.6. The zero-order chi connectivity index (χ0) is 80.0. The number of unbranched alkanes of at least 4 members (excludes halogenated alkanes) is 6.